The number of alkyl halides is 1. The van der Waals surface area contributed by atoms with Crippen molar-refractivity contribution >= 4 is 27.4 Å². The first-order chi connectivity index (χ1) is 22.1. The number of rotatable bonds is 5. The van der Waals surface area contributed by atoms with Gasteiger partial charge in [0.25, 0.3) is 0 Å². The maximum atomic E-state index is 17.0. The van der Waals surface area contributed by atoms with Crippen molar-refractivity contribution in [3.8, 4) is 41.2 Å². The Hall–Kier alpha value is -4.51. The lowest BCUT2D eigenvalue weighted by Crippen LogP contribution is -2.54. The number of anilines is 1. The fourth-order valence-electron chi connectivity index (χ4n) is 7.94. The van der Waals surface area contributed by atoms with Crippen molar-refractivity contribution in [2.75, 3.05) is 37.7 Å². The van der Waals surface area contributed by atoms with Crippen LogP contribution in [-0.4, -0.2) is 71.6 Å². The van der Waals surface area contributed by atoms with Crippen LogP contribution in [0, 0.1) is 35.3 Å². The van der Waals surface area contributed by atoms with Crippen LogP contribution in [0.15, 0.2) is 36.4 Å². The molecule has 0 bridgehead atoms. The summed E-state index contributed by atoms with van der Waals surface area (Å²) in [4.78, 5) is 8.80. The van der Waals surface area contributed by atoms with Gasteiger partial charge in [0.15, 0.2) is 5.82 Å². The quantitative estimate of drug-likeness (QED) is 0.262. The van der Waals surface area contributed by atoms with Crippen LogP contribution in [0.25, 0.3) is 32.8 Å². The van der Waals surface area contributed by atoms with Crippen LogP contribution in [0.1, 0.15) is 44.2 Å². The number of aromatic nitrogens is 1. The number of hydrogen-bond donors (Lipinski definition) is 2. The first-order valence-electron chi connectivity index (χ1n) is 15.6. The van der Waals surface area contributed by atoms with Crippen molar-refractivity contribution in [1.82, 2.24) is 15.2 Å². The SMILES string of the molecule is C#Cc1c(F)ccc2cc(O)cc(-c3ccc4c(N5C[C@H](C)N[C@@H](C)C5)c(C#N)c(OC[C@@]56CCCN5C[C@H](F)C6)nc4c3F)c12. The minimum absolute atomic E-state index is 0.0143. The largest absolute Gasteiger partial charge is 0.508 e. The number of hydrogen-bond acceptors (Lipinski definition) is 7. The minimum atomic E-state index is -0.960. The smallest absolute Gasteiger partial charge is 0.234 e. The van der Waals surface area contributed by atoms with Gasteiger partial charge in [0.2, 0.25) is 5.88 Å². The van der Waals surface area contributed by atoms with Gasteiger partial charge in [0.05, 0.1) is 16.8 Å². The zero-order chi connectivity index (χ0) is 32.3. The Balaban J connectivity index is 1.44. The lowest BCUT2D eigenvalue weighted by molar-refractivity contribution is 0.110. The molecule has 4 aromatic rings. The molecule has 236 valence electrons. The first kappa shape index (κ1) is 30.2. The molecule has 3 aromatic carbocycles. The highest BCUT2D eigenvalue weighted by Crippen LogP contribution is 2.44. The Morgan fingerprint density at radius 3 is 2.63 bits per heavy atom. The third-order valence-corrected chi connectivity index (χ3v) is 9.75. The van der Waals surface area contributed by atoms with Crippen molar-refractivity contribution in [2.45, 2.75) is 56.9 Å². The van der Waals surface area contributed by atoms with E-state index in [-0.39, 0.29) is 63.5 Å². The van der Waals surface area contributed by atoms with E-state index in [4.69, 9.17) is 11.2 Å². The van der Waals surface area contributed by atoms with Gasteiger partial charge in [-0.1, -0.05) is 18.1 Å². The van der Waals surface area contributed by atoms with E-state index < -0.39 is 23.3 Å². The Kier molecular flexibility index (Phi) is 7.46. The maximum Gasteiger partial charge on any atom is 0.234 e. The molecule has 46 heavy (non-hydrogen) atoms. The Morgan fingerprint density at radius 1 is 1.11 bits per heavy atom. The lowest BCUT2D eigenvalue weighted by atomic mass is 9.92. The molecule has 1 aromatic heterocycles. The molecule has 7 nitrogen and oxygen atoms in total. The second kappa shape index (κ2) is 11.4. The molecule has 0 radical (unpaired) electrons. The summed E-state index contributed by atoms with van der Waals surface area (Å²) in [6.45, 7) is 6.46. The fourth-order valence-corrected chi connectivity index (χ4v) is 7.94. The van der Waals surface area contributed by atoms with E-state index in [0.717, 1.165) is 19.4 Å². The zero-order valence-corrected chi connectivity index (χ0v) is 25.7. The summed E-state index contributed by atoms with van der Waals surface area (Å²) < 4.78 is 52.7. The molecule has 10 heteroatoms. The number of aromatic hydroxyl groups is 1. The first-order valence-corrected chi connectivity index (χ1v) is 15.6. The molecular formula is C36H34F3N5O2. The van der Waals surface area contributed by atoms with E-state index in [2.05, 4.69) is 32.1 Å². The molecule has 3 fully saturated rings. The van der Waals surface area contributed by atoms with Gasteiger partial charge in [-0.25, -0.2) is 18.2 Å². The average Bonchev–Trinajstić information content (AvgIpc) is 3.54. The summed E-state index contributed by atoms with van der Waals surface area (Å²) in [5.74, 6) is 0.863. The van der Waals surface area contributed by atoms with Crippen LogP contribution in [-0.2, 0) is 0 Å². The number of piperazine rings is 1. The summed E-state index contributed by atoms with van der Waals surface area (Å²) in [5, 5.41) is 25.7. The third kappa shape index (κ3) is 4.88. The van der Waals surface area contributed by atoms with E-state index in [1.54, 1.807) is 12.1 Å². The number of fused-ring (bicyclic) bond motifs is 3. The highest BCUT2D eigenvalue weighted by atomic mass is 19.1. The maximum absolute atomic E-state index is 17.0. The van der Waals surface area contributed by atoms with Crippen LogP contribution in [0.3, 0.4) is 0 Å². The Labute approximate surface area is 265 Å². The second-order valence-electron chi connectivity index (χ2n) is 13.0. The van der Waals surface area contributed by atoms with E-state index >= 15 is 4.39 Å². The van der Waals surface area contributed by atoms with Crippen LogP contribution in [0.5, 0.6) is 11.6 Å². The van der Waals surface area contributed by atoms with Gasteiger partial charge in [0, 0.05) is 54.5 Å². The molecule has 7 rings (SSSR count). The number of ether oxygens (including phenoxy) is 1. The van der Waals surface area contributed by atoms with Crippen molar-refractivity contribution in [1.29, 1.82) is 5.26 Å². The van der Waals surface area contributed by atoms with Gasteiger partial charge in [-0.2, -0.15) is 5.26 Å². The molecule has 0 saturated carbocycles. The Bertz CT molecular complexity index is 1960. The van der Waals surface area contributed by atoms with Crippen LogP contribution in [0.2, 0.25) is 0 Å². The van der Waals surface area contributed by atoms with Gasteiger partial charge < -0.3 is 20.1 Å². The molecule has 4 heterocycles. The molecule has 0 amide bonds. The number of benzene rings is 3. The van der Waals surface area contributed by atoms with Crippen LogP contribution in [0.4, 0.5) is 18.9 Å². The lowest BCUT2D eigenvalue weighted by Gasteiger charge is -2.38. The summed E-state index contributed by atoms with van der Waals surface area (Å²) in [6, 6.07) is 11.2. The number of pyridine rings is 1. The van der Waals surface area contributed by atoms with E-state index in [1.165, 1.54) is 24.3 Å². The van der Waals surface area contributed by atoms with Gasteiger partial charge >= 0.3 is 0 Å². The number of nitrogens with zero attached hydrogens (tertiary/aromatic N) is 4. The topological polar surface area (TPSA) is 84.6 Å². The summed E-state index contributed by atoms with van der Waals surface area (Å²) >= 11 is 0. The predicted octanol–water partition coefficient (Wildman–Crippen LogP) is 6.03. The predicted molar refractivity (Wildman–Crippen MR) is 172 cm³/mol. The standard InChI is InChI=1S/C36H34F3N5O2/c1-4-25-30(38)9-6-22-12-24(45)13-28(31(22)25)26-7-8-27-33(32(26)39)42-35(46-19-36-10-5-11-44(36)18-23(37)14-36)29(15-40)34(27)43-16-20(2)41-21(3)17-43/h1,6-9,12-13,20-21,23,41,45H,5,10-11,14,16-19H2,2-3H3/t20-,21-,23+,36-/m0/s1. The number of nitrogens with one attached hydrogen (secondary N) is 1. The number of halogens is 3. The van der Waals surface area contributed by atoms with Crippen molar-refractivity contribution < 1.29 is 23.0 Å². The molecule has 0 unspecified atom stereocenters. The molecule has 3 saturated heterocycles. The summed E-state index contributed by atoms with van der Waals surface area (Å²) in [5.41, 5.74) is 0.390. The number of phenolic OH excluding ortho intramolecular Hbond substituents is 1. The van der Waals surface area contributed by atoms with Crippen LogP contribution < -0.4 is 15.0 Å². The van der Waals surface area contributed by atoms with Gasteiger partial charge in [0.1, 0.15) is 41.5 Å². The number of terminal acetylenes is 1. The van der Waals surface area contributed by atoms with Gasteiger partial charge in [-0.05, 0) is 68.4 Å². The van der Waals surface area contributed by atoms with E-state index in [0.29, 0.717) is 42.5 Å². The third-order valence-electron chi connectivity index (χ3n) is 9.75. The molecular weight excluding hydrogens is 591 g/mol. The molecule has 0 aliphatic carbocycles. The van der Waals surface area contributed by atoms with Crippen molar-refractivity contribution in [2.24, 2.45) is 0 Å². The monoisotopic (exact) mass is 625 g/mol. The highest BCUT2D eigenvalue weighted by molar-refractivity contribution is 6.05. The van der Waals surface area contributed by atoms with Gasteiger partial charge in [-0.15, -0.1) is 6.42 Å². The second-order valence-corrected chi connectivity index (χ2v) is 13.0. The highest BCUT2D eigenvalue weighted by Gasteiger charge is 2.49. The normalized spacial score (nSPS) is 24.7. The van der Waals surface area contributed by atoms with E-state index in [9.17, 15) is 19.1 Å². The van der Waals surface area contributed by atoms with Crippen LogP contribution >= 0.6 is 0 Å². The number of nitriles is 1. The molecule has 4 atom stereocenters. The van der Waals surface area contributed by atoms with E-state index in [1.807, 2.05) is 13.8 Å². The minimum Gasteiger partial charge on any atom is -0.508 e. The summed E-state index contributed by atoms with van der Waals surface area (Å²) in [7, 11) is 0. The van der Waals surface area contributed by atoms with Crippen molar-refractivity contribution in [3.05, 3.63) is 59.2 Å². The molecule has 3 aliphatic rings. The number of phenols is 1. The Morgan fingerprint density at radius 2 is 1.89 bits per heavy atom. The molecule has 3 aliphatic heterocycles. The zero-order valence-electron chi connectivity index (χ0n) is 25.7. The summed E-state index contributed by atoms with van der Waals surface area (Å²) in [6.07, 6.45) is 6.75. The van der Waals surface area contributed by atoms with Gasteiger partial charge in [-0.3, -0.25) is 4.90 Å². The van der Waals surface area contributed by atoms with Crippen molar-refractivity contribution in [3.63, 3.8) is 0 Å². The average molecular weight is 626 g/mol. The molecule has 2 N–H and O–H groups in total. The molecule has 0 spiro atoms. The fraction of sp³-hybridized carbons (Fsp3) is 0.389.